The van der Waals surface area contributed by atoms with Crippen molar-refractivity contribution in [2.24, 2.45) is 7.05 Å². The lowest BCUT2D eigenvalue weighted by molar-refractivity contribution is -0.122. The predicted molar refractivity (Wildman–Crippen MR) is 136 cm³/mol. The number of likely N-dealkylation sites (tertiary alicyclic amines) is 1. The monoisotopic (exact) mass is 512 g/mol. The summed E-state index contributed by atoms with van der Waals surface area (Å²) in [5, 5.41) is 13.7. The molecule has 2 aromatic carbocycles. The van der Waals surface area contributed by atoms with Crippen LogP contribution in [-0.2, 0) is 17.3 Å². The Balaban J connectivity index is 1.09. The minimum Gasteiger partial charge on any atom is -0.492 e. The maximum Gasteiger partial charge on any atom is 0.235 e. The Morgan fingerprint density at radius 2 is 2.00 bits per heavy atom. The summed E-state index contributed by atoms with van der Waals surface area (Å²) in [6, 6.07) is 8.82. The second-order valence-electron chi connectivity index (χ2n) is 10.8. The number of rotatable bonds is 5. The van der Waals surface area contributed by atoms with E-state index < -0.39 is 16.8 Å². The molecule has 1 spiro atoms. The summed E-state index contributed by atoms with van der Waals surface area (Å²) in [5.41, 5.74) is 1.71. The van der Waals surface area contributed by atoms with E-state index in [1.807, 2.05) is 36.7 Å². The van der Waals surface area contributed by atoms with Crippen LogP contribution in [0.3, 0.4) is 0 Å². The molecule has 6 rings (SSSR count). The molecule has 7 nitrogen and oxygen atoms in total. The van der Waals surface area contributed by atoms with Crippen LogP contribution in [0.15, 0.2) is 30.3 Å². The molecule has 1 aromatic heterocycles. The fraction of sp³-hybridized carbons (Fsp3) is 0.481. The number of halogens is 2. The Bertz CT molecular complexity index is 1350. The molecule has 3 aliphatic rings. The Morgan fingerprint density at radius 3 is 2.72 bits per heavy atom. The predicted octanol–water partition coefficient (Wildman–Crippen LogP) is 4.36. The van der Waals surface area contributed by atoms with Gasteiger partial charge in [0.1, 0.15) is 23.7 Å². The molecule has 2 aliphatic heterocycles. The van der Waals surface area contributed by atoms with E-state index in [1.54, 1.807) is 6.07 Å². The van der Waals surface area contributed by atoms with Gasteiger partial charge in [-0.15, -0.1) is 0 Å². The van der Waals surface area contributed by atoms with Crippen LogP contribution in [0.4, 0.5) is 10.1 Å². The Hall–Kier alpha value is -2.68. The topological polar surface area (TPSA) is 79.6 Å². The molecule has 0 atom stereocenters. The molecule has 0 bridgehead atoms. The first kappa shape index (κ1) is 23.7. The third-order valence-corrected chi connectivity index (χ3v) is 8.49. The summed E-state index contributed by atoms with van der Waals surface area (Å²) < 4.78 is 22.7. The SMILES string of the molecule is Cn1c(C2CC(C)(O)C2)nc2c(F)cc(OCCN3CCC4(CC3)C(=O)Nc3ccc(Cl)cc34)cc21. The summed E-state index contributed by atoms with van der Waals surface area (Å²) in [5.74, 6) is 1.06. The summed E-state index contributed by atoms with van der Waals surface area (Å²) >= 11 is 6.22. The molecular formula is C27H30ClFN4O3. The zero-order valence-electron chi connectivity index (χ0n) is 20.5. The Kier molecular flexibility index (Phi) is 5.55. The van der Waals surface area contributed by atoms with Crippen molar-refractivity contribution in [3.8, 4) is 5.75 Å². The fourth-order valence-electron chi connectivity index (χ4n) is 6.21. The van der Waals surface area contributed by atoms with Crippen LogP contribution in [0.2, 0.25) is 5.02 Å². The summed E-state index contributed by atoms with van der Waals surface area (Å²) in [6.45, 7) is 4.47. The number of aryl methyl sites for hydroxylation is 1. The number of aromatic nitrogens is 2. The zero-order valence-corrected chi connectivity index (χ0v) is 21.2. The number of aliphatic hydroxyl groups is 1. The van der Waals surface area contributed by atoms with Gasteiger partial charge >= 0.3 is 0 Å². The number of carbonyl (C=O) groups excluding carboxylic acids is 1. The van der Waals surface area contributed by atoms with Gasteiger partial charge in [-0.2, -0.15) is 0 Å². The molecular weight excluding hydrogens is 483 g/mol. The van der Waals surface area contributed by atoms with Crippen molar-refractivity contribution >= 4 is 34.2 Å². The molecule has 3 heterocycles. The molecule has 1 aliphatic carbocycles. The summed E-state index contributed by atoms with van der Waals surface area (Å²) in [4.78, 5) is 19.6. The first-order valence-electron chi connectivity index (χ1n) is 12.5. The highest BCUT2D eigenvalue weighted by atomic mass is 35.5. The minimum absolute atomic E-state index is 0.0560. The summed E-state index contributed by atoms with van der Waals surface area (Å²) in [6.07, 6.45) is 2.70. The van der Waals surface area contributed by atoms with Crippen molar-refractivity contribution in [1.82, 2.24) is 14.5 Å². The summed E-state index contributed by atoms with van der Waals surface area (Å²) in [7, 11) is 1.88. The number of nitrogens with zero attached hydrogens (tertiary/aromatic N) is 3. The van der Waals surface area contributed by atoms with Gasteiger partial charge in [-0.05, 0) is 69.5 Å². The molecule has 1 saturated carbocycles. The third kappa shape index (κ3) is 3.86. The number of benzene rings is 2. The zero-order chi connectivity index (χ0) is 25.2. The third-order valence-electron chi connectivity index (χ3n) is 8.25. The van der Waals surface area contributed by atoms with Crippen LogP contribution in [-0.4, -0.2) is 57.3 Å². The lowest BCUT2D eigenvalue weighted by Crippen LogP contribution is -2.47. The van der Waals surface area contributed by atoms with Gasteiger partial charge < -0.3 is 19.7 Å². The van der Waals surface area contributed by atoms with Gasteiger partial charge in [0.05, 0.1) is 16.5 Å². The van der Waals surface area contributed by atoms with Crippen LogP contribution in [0, 0.1) is 5.82 Å². The van der Waals surface area contributed by atoms with Crippen LogP contribution >= 0.6 is 11.6 Å². The average Bonchev–Trinajstić information content (AvgIpc) is 3.28. The molecule has 2 fully saturated rings. The van der Waals surface area contributed by atoms with E-state index in [4.69, 9.17) is 16.3 Å². The van der Waals surface area contributed by atoms with E-state index in [0.717, 1.165) is 43.0 Å². The largest absolute Gasteiger partial charge is 0.492 e. The van der Waals surface area contributed by atoms with Gasteiger partial charge in [-0.3, -0.25) is 9.69 Å². The number of hydrogen-bond donors (Lipinski definition) is 2. The minimum atomic E-state index is -0.665. The van der Waals surface area contributed by atoms with Gasteiger partial charge in [0.15, 0.2) is 5.82 Å². The van der Waals surface area contributed by atoms with Crippen molar-refractivity contribution in [2.45, 2.75) is 49.5 Å². The Labute approximate surface area is 214 Å². The van der Waals surface area contributed by atoms with E-state index in [1.165, 1.54) is 6.07 Å². The second-order valence-corrected chi connectivity index (χ2v) is 11.3. The number of fused-ring (bicyclic) bond motifs is 3. The maximum atomic E-state index is 14.9. The second kappa shape index (κ2) is 8.43. The van der Waals surface area contributed by atoms with E-state index in [0.29, 0.717) is 47.8 Å². The number of anilines is 1. The van der Waals surface area contributed by atoms with Gasteiger partial charge in [0.25, 0.3) is 0 Å². The number of hydrogen-bond acceptors (Lipinski definition) is 5. The first-order chi connectivity index (χ1) is 17.1. The lowest BCUT2D eigenvalue weighted by atomic mass is 9.72. The number of nitrogens with one attached hydrogen (secondary N) is 1. The van der Waals surface area contributed by atoms with E-state index >= 15 is 0 Å². The van der Waals surface area contributed by atoms with Crippen LogP contribution in [0.5, 0.6) is 5.75 Å². The number of carbonyl (C=O) groups is 1. The number of ether oxygens (including phenoxy) is 1. The van der Waals surface area contributed by atoms with Crippen molar-refractivity contribution in [2.75, 3.05) is 31.6 Å². The molecule has 0 unspecified atom stereocenters. The highest BCUT2D eigenvalue weighted by molar-refractivity contribution is 6.31. The molecule has 36 heavy (non-hydrogen) atoms. The van der Waals surface area contributed by atoms with Crippen molar-refractivity contribution < 1.29 is 19.0 Å². The standard InChI is InChI=1S/C27H30ClFN4O3/c1-26(35)14-16(15-26)24-31-23-20(29)12-18(13-22(23)32(24)2)36-10-9-33-7-5-27(6-8-33)19-11-17(28)3-4-21(19)30-25(27)34/h3-4,11-13,16,35H,5-10,14-15H2,1-2H3,(H,30,34). The quantitative estimate of drug-likeness (QED) is 0.531. The van der Waals surface area contributed by atoms with Crippen LogP contribution in [0.25, 0.3) is 11.0 Å². The van der Waals surface area contributed by atoms with Crippen LogP contribution in [0.1, 0.15) is 49.9 Å². The maximum absolute atomic E-state index is 14.9. The van der Waals surface area contributed by atoms with Crippen LogP contribution < -0.4 is 10.1 Å². The molecule has 3 aromatic rings. The molecule has 1 saturated heterocycles. The highest BCUT2D eigenvalue weighted by Gasteiger charge is 2.48. The highest BCUT2D eigenvalue weighted by Crippen LogP contribution is 2.46. The molecule has 9 heteroatoms. The molecule has 1 amide bonds. The Morgan fingerprint density at radius 1 is 1.25 bits per heavy atom. The van der Waals surface area contributed by atoms with E-state index in [2.05, 4.69) is 15.2 Å². The van der Waals surface area contributed by atoms with Crippen molar-refractivity contribution in [3.63, 3.8) is 0 Å². The average molecular weight is 513 g/mol. The van der Waals surface area contributed by atoms with Gasteiger partial charge in [0.2, 0.25) is 5.91 Å². The van der Waals surface area contributed by atoms with Crippen molar-refractivity contribution in [3.05, 3.63) is 52.6 Å². The number of imidazole rings is 1. The molecule has 190 valence electrons. The van der Waals surface area contributed by atoms with Gasteiger partial charge in [0, 0.05) is 42.4 Å². The van der Waals surface area contributed by atoms with Gasteiger partial charge in [-0.25, -0.2) is 9.37 Å². The normalized spacial score (nSPS) is 25.1. The van der Waals surface area contributed by atoms with Gasteiger partial charge in [-0.1, -0.05) is 11.6 Å². The molecule has 0 radical (unpaired) electrons. The number of amides is 1. The number of piperidine rings is 1. The smallest absolute Gasteiger partial charge is 0.235 e. The van der Waals surface area contributed by atoms with Crippen molar-refractivity contribution in [1.29, 1.82) is 0 Å². The first-order valence-corrected chi connectivity index (χ1v) is 12.9. The van der Waals surface area contributed by atoms with E-state index in [-0.39, 0.29) is 11.8 Å². The lowest BCUT2D eigenvalue weighted by Gasteiger charge is -2.40. The van der Waals surface area contributed by atoms with E-state index in [9.17, 15) is 14.3 Å². The fourth-order valence-corrected chi connectivity index (χ4v) is 6.38. The molecule has 2 N–H and O–H groups in total.